The molecule has 0 saturated carbocycles. The van der Waals surface area contributed by atoms with E-state index in [0.717, 1.165) is 5.57 Å². The third-order valence-corrected chi connectivity index (χ3v) is 6.54. The second-order valence-corrected chi connectivity index (χ2v) is 9.21. The van der Waals surface area contributed by atoms with Crippen LogP contribution in [-0.2, 0) is 14.2 Å². The summed E-state index contributed by atoms with van der Waals surface area (Å²) in [6.45, 7) is 0.942. The molecule has 10 unspecified atom stereocenters. The van der Waals surface area contributed by atoms with Crippen molar-refractivity contribution in [3.8, 4) is 0 Å². The van der Waals surface area contributed by atoms with Crippen LogP contribution in [0.15, 0.2) is 24.3 Å². The van der Waals surface area contributed by atoms with Gasteiger partial charge in [-0.3, -0.25) is 4.57 Å². The minimum atomic E-state index is -1.55. The number of rotatable bonds is 9. The maximum absolute atomic E-state index is 10.4. The maximum Gasteiger partial charge on any atom is 0.187 e. The number of aliphatic hydroxyl groups is 8. The molecule has 0 aliphatic carbocycles. The molecular formula is C22H33N5O11. The van der Waals surface area contributed by atoms with E-state index in [4.69, 9.17) is 14.2 Å². The molecule has 4 heterocycles. The molecule has 0 bridgehead atoms. The number of ether oxygens (including phenoxy) is 3. The molecule has 0 aromatic carbocycles. The highest BCUT2D eigenvalue weighted by molar-refractivity contribution is 5.82. The Labute approximate surface area is 216 Å². The quantitative estimate of drug-likeness (QED) is 0.137. The summed E-state index contributed by atoms with van der Waals surface area (Å²) in [5.74, 6) is 0.359. The van der Waals surface area contributed by atoms with Crippen LogP contribution < -0.4 is 5.32 Å². The Hall–Kier alpha value is -2.35. The Morgan fingerprint density at radius 1 is 0.921 bits per heavy atom. The van der Waals surface area contributed by atoms with E-state index in [2.05, 4.69) is 20.3 Å². The van der Waals surface area contributed by atoms with Crippen LogP contribution in [0.25, 0.3) is 11.2 Å². The first-order valence-electron chi connectivity index (χ1n) is 12.0. The Bertz CT molecular complexity index is 1100. The molecule has 2 aromatic rings. The zero-order valence-electron chi connectivity index (χ0n) is 20.4. The zero-order valence-corrected chi connectivity index (χ0v) is 20.4. The summed E-state index contributed by atoms with van der Waals surface area (Å²) in [4.78, 5) is 12.6. The van der Waals surface area contributed by atoms with Gasteiger partial charge in [0.05, 0.1) is 26.1 Å². The van der Waals surface area contributed by atoms with E-state index in [-0.39, 0.29) is 18.8 Å². The fourth-order valence-corrected chi connectivity index (χ4v) is 4.28. The first-order valence-corrected chi connectivity index (χ1v) is 12.0. The largest absolute Gasteiger partial charge is 0.394 e. The maximum atomic E-state index is 10.4. The minimum absolute atomic E-state index is 0.0231. The number of nitrogens with zero attached hydrogens (tertiary/aromatic N) is 4. The van der Waals surface area contributed by atoms with Gasteiger partial charge >= 0.3 is 0 Å². The second-order valence-electron chi connectivity index (χ2n) is 9.21. The first-order chi connectivity index (χ1) is 18.2. The van der Waals surface area contributed by atoms with Crippen LogP contribution in [0.3, 0.4) is 0 Å². The lowest BCUT2D eigenvalue weighted by Gasteiger charge is -2.40. The zero-order chi connectivity index (χ0) is 27.6. The molecule has 16 nitrogen and oxygen atoms in total. The van der Waals surface area contributed by atoms with Gasteiger partial charge in [0, 0.05) is 6.54 Å². The number of hydrogen-bond donors (Lipinski definition) is 9. The molecule has 2 aliphatic rings. The van der Waals surface area contributed by atoms with Gasteiger partial charge < -0.3 is 60.4 Å². The molecule has 16 heteroatoms. The Balaban J connectivity index is 1.39. The smallest absolute Gasteiger partial charge is 0.187 e. The van der Waals surface area contributed by atoms with Gasteiger partial charge in [-0.2, -0.15) is 0 Å². The highest BCUT2D eigenvalue weighted by Crippen LogP contribution is 2.31. The van der Waals surface area contributed by atoms with E-state index in [1.165, 1.54) is 17.2 Å². The summed E-state index contributed by atoms with van der Waals surface area (Å²) in [5, 5.41) is 82.1. The van der Waals surface area contributed by atoms with Crippen LogP contribution in [0, 0.1) is 0 Å². The lowest BCUT2D eigenvalue weighted by molar-refractivity contribution is -0.299. The summed E-state index contributed by atoms with van der Waals surface area (Å²) < 4.78 is 17.8. The molecule has 2 fully saturated rings. The topological polar surface area (TPSA) is 245 Å². The van der Waals surface area contributed by atoms with E-state index in [1.54, 1.807) is 13.0 Å². The average Bonchev–Trinajstić information content (AvgIpc) is 3.35. The molecule has 212 valence electrons. The Morgan fingerprint density at radius 2 is 1.58 bits per heavy atom. The average molecular weight is 544 g/mol. The lowest BCUT2D eigenvalue weighted by atomic mass is 9.98. The third-order valence-electron chi connectivity index (χ3n) is 6.54. The van der Waals surface area contributed by atoms with Gasteiger partial charge in [-0.1, -0.05) is 6.08 Å². The van der Waals surface area contributed by atoms with Crippen molar-refractivity contribution in [2.75, 3.05) is 31.7 Å². The van der Waals surface area contributed by atoms with Crippen molar-refractivity contribution in [3.05, 3.63) is 24.3 Å². The van der Waals surface area contributed by atoms with Crippen LogP contribution in [0.1, 0.15) is 13.2 Å². The minimum Gasteiger partial charge on any atom is -0.394 e. The van der Waals surface area contributed by atoms with Crippen molar-refractivity contribution in [2.45, 2.75) is 68.3 Å². The SMILES string of the molecule is CC(=CCNc1ncnc2c1ncn2C1OC(CO)C(O)C(O)C1O)COC1OC(CO)C(O)C(O)C1O. The van der Waals surface area contributed by atoms with Crippen molar-refractivity contribution in [3.63, 3.8) is 0 Å². The van der Waals surface area contributed by atoms with E-state index in [9.17, 15) is 40.9 Å². The molecule has 0 spiro atoms. The number of nitrogens with one attached hydrogen (secondary N) is 1. The molecule has 2 aromatic heterocycles. The van der Waals surface area contributed by atoms with Gasteiger partial charge in [0.15, 0.2) is 29.5 Å². The van der Waals surface area contributed by atoms with Gasteiger partial charge in [0.1, 0.15) is 55.2 Å². The summed E-state index contributed by atoms with van der Waals surface area (Å²) in [7, 11) is 0. The van der Waals surface area contributed by atoms with Crippen molar-refractivity contribution < 1.29 is 55.1 Å². The van der Waals surface area contributed by atoms with Crippen LogP contribution >= 0.6 is 0 Å². The number of hydrogen-bond acceptors (Lipinski definition) is 15. The predicted octanol–water partition coefficient (Wildman–Crippen LogP) is -4.03. The summed E-state index contributed by atoms with van der Waals surface area (Å²) in [6, 6.07) is 0. The third kappa shape index (κ3) is 5.65. The van der Waals surface area contributed by atoms with Gasteiger partial charge in [0.25, 0.3) is 0 Å². The van der Waals surface area contributed by atoms with Crippen LogP contribution in [0.4, 0.5) is 5.82 Å². The van der Waals surface area contributed by atoms with Crippen LogP contribution in [0.2, 0.25) is 0 Å². The van der Waals surface area contributed by atoms with E-state index in [0.29, 0.717) is 11.3 Å². The molecule has 10 atom stereocenters. The normalized spacial score (nSPS) is 36.5. The second kappa shape index (κ2) is 12.2. The number of anilines is 1. The summed E-state index contributed by atoms with van der Waals surface area (Å²) >= 11 is 0. The standard InChI is InChI=1S/C22H33N5O11/c1-9(6-36-22-18(35)16(33)14(31)11(5-29)38-22)2-3-23-19-12-20(25-7-24-19)27(8-26-12)21-17(34)15(32)13(30)10(4-28)37-21/h2,7-8,10-11,13-18,21-22,28-35H,3-6H2,1H3,(H,23,24,25). The molecular weight excluding hydrogens is 510 g/mol. The van der Waals surface area contributed by atoms with Crippen molar-refractivity contribution in [2.24, 2.45) is 0 Å². The number of imidazole rings is 1. The lowest BCUT2D eigenvalue weighted by Crippen LogP contribution is -2.59. The van der Waals surface area contributed by atoms with Gasteiger partial charge in [-0.05, 0) is 12.5 Å². The molecule has 2 aliphatic heterocycles. The van der Waals surface area contributed by atoms with E-state index >= 15 is 0 Å². The Kier molecular flexibility index (Phi) is 9.22. The molecule has 38 heavy (non-hydrogen) atoms. The van der Waals surface area contributed by atoms with Crippen LogP contribution in [0.5, 0.6) is 0 Å². The number of aliphatic hydroxyl groups excluding tert-OH is 8. The molecule has 0 amide bonds. The van der Waals surface area contributed by atoms with Crippen molar-refractivity contribution in [1.29, 1.82) is 0 Å². The number of fused-ring (bicyclic) bond motifs is 1. The van der Waals surface area contributed by atoms with Gasteiger partial charge in [-0.15, -0.1) is 0 Å². The fourth-order valence-electron chi connectivity index (χ4n) is 4.28. The fraction of sp³-hybridized carbons (Fsp3) is 0.682. The van der Waals surface area contributed by atoms with Crippen molar-refractivity contribution >= 4 is 17.0 Å². The predicted molar refractivity (Wildman–Crippen MR) is 126 cm³/mol. The molecule has 0 radical (unpaired) electrons. The monoisotopic (exact) mass is 543 g/mol. The molecule has 4 rings (SSSR count). The van der Waals surface area contributed by atoms with Crippen LogP contribution in [-0.4, -0.2) is 142 Å². The van der Waals surface area contributed by atoms with E-state index < -0.39 is 74.6 Å². The van der Waals surface area contributed by atoms with Crippen molar-refractivity contribution in [1.82, 2.24) is 19.5 Å². The van der Waals surface area contributed by atoms with Gasteiger partial charge in [0.2, 0.25) is 0 Å². The summed E-state index contributed by atoms with van der Waals surface area (Å²) in [6.07, 6.45) is -9.23. The molecule has 2 saturated heterocycles. The number of aromatic nitrogens is 4. The highest BCUT2D eigenvalue weighted by atomic mass is 16.7. The van der Waals surface area contributed by atoms with Gasteiger partial charge in [-0.25, -0.2) is 15.0 Å². The highest BCUT2D eigenvalue weighted by Gasteiger charge is 2.45. The Morgan fingerprint density at radius 3 is 2.26 bits per heavy atom. The van der Waals surface area contributed by atoms with E-state index in [1.807, 2.05) is 0 Å². The molecule has 9 N–H and O–H groups in total. The summed E-state index contributed by atoms with van der Waals surface area (Å²) in [5.41, 5.74) is 1.35. The first kappa shape index (κ1) is 28.7.